The SMILES string of the molecule is CCC(C)OC(=O)/C(C)=C/C1C(C(=O)OCc2cccc(Oc3ccccc3)c2)C1(C)C. The molecule has 32 heavy (non-hydrogen) atoms. The predicted molar refractivity (Wildman–Crippen MR) is 123 cm³/mol. The minimum Gasteiger partial charge on any atom is -0.461 e. The summed E-state index contributed by atoms with van der Waals surface area (Å²) in [4.78, 5) is 25.0. The number of esters is 2. The first-order valence-electron chi connectivity index (χ1n) is 11.1. The van der Waals surface area contributed by atoms with Crippen molar-refractivity contribution < 1.29 is 23.8 Å². The van der Waals surface area contributed by atoms with Crippen molar-refractivity contribution in [1.82, 2.24) is 0 Å². The molecule has 3 unspecified atom stereocenters. The van der Waals surface area contributed by atoms with Gasteiger partial charge in [-0.05, 0) is 61.4 Å². The Bertz CT molecular complexity index is 977. The molecule has 0 radical (unpaired) electrons. The van der Waals surface area contributed by atoms with Crippen LogP contribution >= 0.6 is 0 Å². The molecule has 2 aromatic carbocycles. The molecule has 0 saturated heterocycles. The monoisotopic (exact) mass is 436 g/mol. The van der Waals surface area contributed by atoms with Crippen molar-refractivity contribution in [1.29, 1.82) is 0 Å². The van der Waals surface area contributed by atoms with Gasteiger partial charge in [-0.25, -0.2) is 4.79 Å². The van der Waals surface area contributed by atoms with Crippen LogP contribution < -0.4 is 4.74 Å². The second kappa shape index (κ2) is 10.0. The zero-order valence-electron chi connectivity index (χ0n) is 19.5. The first-order chi connectivity index (χ1) is 15.2. The highest BCUT2D eigenvalue weighted by atomic mass is 16.5. The van der Waals surface area contributed by atoms with E-state index in [0.717, 1.165) is 17.7 Å². The standard InChI is InChI=1S/C27H32O5/c1-6-19(3)31-25(28)18(2)15-23-24(27(23,4)5)26(29)30-17-20-11-10-14-22(16-20)32-21-12-8-7-9-13-21/h7-16,19,23-24H,6,17H2,1-5H3/b18-15+. The maximum atomic E-state index is 12.8. The third kappa shape index (κ3) is 5.78. The lowest BCUT2D eigenvalue weighted by molar-refractivity contribution is -0.147. The van der Waals surface area contributed by atoms with E-state index in [4.69, 9.17) is 14.2 Å². The number of benzene rings is 2. The van der Waals surface area contributed by atoms with E-state index >= 15 is 0 Å². The molecule has 0 aromatic heterocycles. The number of para-hydroxylation sites is 1. The first kappa shape index (κ1) is 23.6. The fourth-order valence-electron chi connectivity index (χ4n) is 3.70. The Morgan fingerprint density at radius 3 is 2.44 bits per heavy atom. The number of hydrogen-bond acceptors (Lipinski definition) is 5. The summed E-state index contributed by atoms with van der Waals surface area (Å²) >= 11 is 0. The third-order valence-corrected chi connectivity index (χ3v) is 6.06. The molecule has 0 amide bonds. The molecule has 1 fully saturated rings. The largest absolute Gasteiger partial charge is 0.461 e. The average molecular weight is 437 g/mol. The van der Waals surface area contributed by atoms with Gasteiger partial charge in [0.1, 0.15) is 18.1 Å². The molecule has 0 N–H and O–H groups in total. The van der Waals surface area contributed by atoms with Gasteiger partial charge >= 0.3 is 11.9 Å². The van der Waals surface area contributed by atoms with Crippen molar-refractivity contribution in [2.45, 2.75) is 53.8 Å². The molecule has 1 saturated carbocycles. The molecule has 0 spiro atoms. The summed E-state index contributed by atoms with van der Waals surface area (Å²) in [6, 6.07) is 17.0. The fraction of sp³-hybridized carbons (Fsp3) is 0.407. The van der Waals surface area contributed by atoms with Crippen molar-refractivity contribution in [2.75, 3.05) is 0 Å². The number of ether oxygens (including phenoxy) is 3. The lowest BCUT2D eigenvalue weighted by Gasteiger charge is -2.11. The van der Waals surface area contributed by atoms with Crippen molar-refractivity contribution in [3.05, 3.63) is 71.8 Å². The summed E-state index contributed by atoms with van der Waals surface area (Å²) in [7, 11) is 0. The average Bonchev–Trinajstić information content (AvgIpc) is 3.32. The molecule has 5 heteroatoms. The molecule has 0 aliphatic heterocycles. The molecule has 1 aliphatic carbocycles. The molecule has 2 aromatic rings. The van der Waals surface area contributed by atoms with Crippen molar-refractivity contribution >= 4 is 11.9 Å². The van der Waals surface area contributed by atoms with Gasteiger partial charge < -0.3 is 14.2 Å². The molecule has 5 nitrogen and oxygen atoms in total. The second-order valence-electron chi connectivity index (χ2n) is 8.97. The normalized spacial score (nSPS) is 20.2. The Hall–Kier alpha value is -3.08. The van der Waals surface area contributed by atoms with Crippen LogP contribution in [0.5, 0.6) is 11.5 Å². The smallest absolute Gasteiger partial charge is 0.333 e. The number of carbonyl (C=O) groups excluding carboxylic acids is 2. The van der Waals surface area contributed by atoms with E-state index < -0.39 is 0 Å². The molecular weight excluding hydrogens is 404 g/mol. The summed E-state index contributed by atoms with van der Waals surface area (Å²) in [6.07, 6.45) is 2.49. The van der Waals surface area contributed by atoms with Crippen molar-refractivity contribution in [3.63, 3.8) is 0 Å². The molecule has 1 aliphatic rings. The number of rotatable bonds is 9. The van der Waals surface area contributed by atoms with E-state index in [0.29, 0.717) is 11.3 Å². The van der Waals surface area contributed by atoms with Crippen LogP contribution in [-0.2, 0) is 25.7 Å². The molecule has 3 atom stereocenters. The highest BCUT2D eigenvalue weighted by Gasteiger charge is 2.61. The molecular formula is C27H32O5. The third-order valence-electron chi connectivity index (χ3n) is 6.06. The predicted octanol–water partition coefficient (Wildman–Crippen LogP) is 6.08. The van der Waals surface area contributed by atoms with E-state index in [-0.39, 0.29) is 41.9 Å². The van der Waals surface area contributed by atoms with Crippen LogP contribution in [0.3, 0.4) is 0 Å². The van der Waals surface area contributed by atoms with Crippen LogP contribution in [0.1, 0.15) is 46.6 Å². The molecule has 0 heterocycles. The van der Waals surface area contributed by atoms with Crippen LogP contribution in [0, 0.1) is 17.3 Å². The Balaban J connectivity index is 1.57. The van der Waals surface area contributed by atoms with Gasteiger partial charge in [-0.15, -0.1) is 0 Å². The molecule has 3 rings (SSSR count). The van der Waals surface area contributed by atoms with E-state index in [1.807, 2.05) is 88.4 Å². The Labute approximate surface area is 190 Å². The van der Waals surface area contributed by atoms with E-state index in [9.17, 15) is 9.59 Å². The van der Waals surface area contributed by atoms with Crippen LogP contribution in [0.4, 0.5) is 0 Å². The van der Waals surface area contributed by atoms with Gasteiger partial charge in [0.25, 0.3) is 0 Å². The summed E-state index contributed by atoms with van der Waals surface area (Å²) < 4.78 is 16.8. The van der Waals surface area contributed by atoms with Gasteiger partial charge in [0.15, 0.2) is 0 Å². The van der Waals surface area contributed by atoms with E-state index in [2.05, 4.69) is 0 Å². The van der Waals surface area contributed by atoms with E-state index in [1.54, 1.807) is 6.92 Å². The second-order valence-corrected chi connectivity index (χ2v) is 8.97. The number of hydrogen-bond donors (Lipinski definition) is 0. The summed E-state index contributed by atoms with van der Waals surface area (Å²) in [5.41, 5.74) is 1.13. The minimum atomic E-state index is -0.329. The van der Waals surface area contributed by atoms with Gasteiger partial charge in [-0.2, -0.15) is 0 Å². The topological polar surface area (TPSA) is 61.8 Å². The lowest BCUT2D eigenvalue weighted by atomic mass is 10.1. The molecule has 0 bridgehead atoms. The maximum absolute atomic E-state index is 12.8. The van der Waals surface area contributed by atoms with Gasteiger partial charge in [-0.1, -0.05) is 57.2 Å². The summed E-state index contributed by atoms with van der Waals surface area (Å²) in [5, 5.41) is 0. The highest BCUT2D eigenvalue weighted by molar-refractivity contribution is 5.88. The minimum absolute atomic E-state index is 0.0489. The van der Waals surface area contributed by atoms with Crippen molar-refractivity contribution in [3.8, 4) is 11.5 Å². The Kier molecular flexibility index (Phi) is 7.39. The summed E-state index contributed by atoms with van der Waals surface area (Å²) in [6.45, 7) is 9.77. The Morgan fingerprint density at radius 1 is 1.06 bits per heavy atom. The van der Waals surface area contributed by atoms with E-state index in [1.165, 1.54) is 0 Å². The van der Waals surface area contributed by atoms with Crippen LogP contribution in [-0.4, -0.2) is 18.0 Å². The summed E-state index contributed by atoms with van der Waals surface area (Å²) in [5.74, 6) is 0.522. The van der Waals surface area contributed by atoms with Gasteiger partial charge in [-0.3, -0.25) is 4.79 Å². The highest BCUT2D eigenvalue weighted by Crippen LogP contribution is 2.60. The van der Waals surface area contributed by atoms with Crippen molar-refractivity contribution in [2.24, 2.45) is 17.3 Å². The zero-order valence-corrected chi connectivity index (χ0v) is 19.5. The van der Waals surface area contributed by atoms with Gasteiger partial charge in [0.05, 0.1) is 12.0 Å². The zero-order chi connectivity index (χ0) is 23.3. The number of carbonyl (C=O) groups is 2. The van der Waals surface area contributed by atoms with Crippen LogP contribution in [0.2, 0.25) is 0 Å². The first-order valence-corrected chi connectivity index (χ1v) is 11.1. The quantitative estimate of drug-likeness (QED) is 0.352. The van der Waals surface area contributed by atoms with Crippen LogP contribution in [0.15, 0.2) is 66.2 Å². The fourth-order valence-corrected chi connectivity index (χ4v) is 3.70. The number of allylic oxidation sites excluding steroid dienone is 1. The lowest BCUT2D eigenvalue weighted by Crippen LogP contribution is -2.15. The Morgan fingerprint density at radius 2 is 1.75 bits per heavy atom. The maximum Gasteiger partial charge on any atom is 0.333 e. The molecule has 170 valence electrons. The van der Waals surface area contributed by atoms with Gasteiger partial charge in [0.2, 0.25) is 0 Å². The van der Waals surface area contributed by atoms with Gasteiger partial charge in [0, 0.05) is 5.57 Å². The van der Waals surface area contributed by atoms with Crippen LogP contribution in [0.25, 0.3) is 0 Å².